The van der Waals surface area contributed by atoms with Crippen molar-refractivity contribution in [2.24, 2.45) is 0 Å². The molecule has 0 saturated carbocycles. The summed E-state index contributed by atoms with van der Waals surface area (Å²) in [7, 11) is 0. The third-order valence-electron chi connectivity index (χ3n) is 7.82. The summed E-state index contributed by atoms with van der Waals surface area (Å²) in [5.74, 6) is -5.38. The summed E-state index contributed by atoms with van der Waals surface area (Å²) in [6, 6.07) is 3.66. The summed E-state index contributed by atoms with van der Waals surface area (Å²) in [6.45, 7) is 16.7. The van der Waals surface area contributed by atoms with Gasteiger partial charge in [0.25, 0.3) is 0 Å². The van der Waals surface area contributed by atoms with Crippen molar-refractivity contribution in [2.45, 2.75) is 79.7 Å². The number of hydrogen-bond donors (Lipinski definition) is 0. The van der Waals surface area contributed by atoms with Crippen LogP contribution < -0.4 is 9.47 Å². The fourth-order valence-electron chi connectivity index (χ4n) is 4.94. The molecular weight excluding hydrogens is 490 g/mol. The Labute approximate surface area is 227 Å². The van der Waals surface area contributed by atoms with Gasteiger partial charge in [0, 0.05) is 25.2 Å². The number of benzene rings is 1. The van der Waals surface area contributed by atoms with Crippen LogP contribution in [0.3, 0.4) is 0 Å². The Bertz CT molecular complexity index is 980. The molecule has 0 spiro atoms. The van der Waals surface area contributed by atoms with Gasteiger partial charge in [0.2, 0.25) is 0 Å². The number of aromatic nitrogens is 1. The molecule has 0 fully saturated rings. The minimum absolute atomic E-state index is 0.349. The summed E-state index contributed by atoms with van der Waals surface area (Å²) in [5, 5.41) is 0. The predicted molar refractivity (Wildman–Crippen MR) is 150 cm³/mol. The Kier molecular flexibility index (Phi) is 13.3. The number of anilines is 1. The van der Waals surface area contributed by atoms with Crippen LogP contribution in [0.4, 0.5) is 23.2 Å². The van der Waals surface area contributed by atoms with Gasteiger partial charge >= 0.3 is 0 Å². The quantitative estimate of drug-likeness (QED) is 0.0658. The molecule has 0 unspecified atom stereocenters. The van der Waals surface area contributed by atoms with Crippen molar-refractivity contribution in [3.05, 3.63) is 58.9 Å². The molecule has 1 heterocycles. The Hall–Kier alpha value is -2.41. The third kappa shape index (κ3) is 8.29. The Morgan fingerprint density at radius 1 is 0.711 bits per heavy atom. The minimum atomic E-state index is -1.36. The molecule has 0 N–H and O–H groups in total. The lowest BCUT2D eigenvalue weighted by Crippen LogP contribution is -2.49. The van der Waals surface area contributed by atoms with Gasteiger partial charge in [-0.1, -0.05) is 39.2 Å². The molecule has 3 nitrogen and oxygen atoms in total. The molecule has 0 aliphatic carbocycles. The van der Waals surface area contributed by atoms with Crippen LogP contribution in [0, 0.1) is 23.3 Å². The molecule has 0 saturated heterocycles. The highest BCUT2D eigenvalue weighted by atomic mass is 19.2. The van der Waals surface area contributed by atoms with Gasteiger partial charge in [-0.2, -0.15) is 0 Å². The Balaban J connectivity index is 2.19. The number of unbranched alkanes of at least 4 members (excludes halogenated alkanes) is 3. The Morgan fingerprint density at radius 2 is 1.26 bits per heavy atom. The fraction of sp³-hybridized carbons (Fsp3) is 0.581. The molecule has 2 rings (SSSR count). The van der Waals surface area contributed by atoms with Crippen molar-refractivity contribution in [3.8, 4) is 0 Å². The van der Waals surface area contributed by atoms with Gasteiger partial charge < -0.3 is 9.38 Å². The molecule has 212 valence electrons. The number of halogens is 4. The van der Waals surface area contributed by atoms with E-state index in [9.17, 15) is 8.78 Å². The van der Waals surface area contributed by atoms with Crippen molar-refractivity contribution < 1.29 is 26.6 Å². The lowest BCUT2D eigenvalue weighted by atomic mass is 10.1. The van der Waals surface area contributed by atoms with Gasteiger partial charge in [-0.15, -0.1) is 0 Å². The number of nitrogens with zero attached hydrogens (tertiary/aromatic N) is 3. The molecular formula is C31H47F4N3+2. The molecule has 2 aromatic rings. The van der Waals surface area contributed by atoms with E-state index in [0.717, 1.165) is 69.0 Å². The first kappa shape index (κ1) is 31.8. The van der Waals surface area contributed by atoms with Gasteiger partial charge in [-0.25, -0.2) is 22.1 Å². The third-order valence-corrected chi connectivity index (χ3v) is 7.82. The van der Waals surface area contributed by atoms with Crippen LogP contribution in [0.25, 0.3) is 12.2 Å². The minimum Gasteiger partial charge on any atom is -0.367 e. The van der Waals surface area contributed by atoms with E-state index in [4.69, 9.17) is 0 Å². The molecule has 0 aliphatic heterocycles. The first-order chi connectivity index (χ1) is 18.3. The second kappa shape index (κ2) is 15.9. The molecule has 1 aromatic carbocycles. The molecule has 1 aromatic heterocycles. The summed E-state index contributed by atoms with van der Waals surface area (Å²) in [5.41, 5.74) is -0.605. The van der Waals surface area contributed by atoms with E-state index >= 15 is 8.78 Å². The van der Waals surface area contributed by atoms with Crippen LogP contribution in [-0.2, 0) is 6.54 Å². The maximum atomic E-state index is 15.1. The number of hydrogen-bond acceptors (Lipinski definition) is 1. The molecule has 7 heteroatoms. The molecule has 38 heavy (non-hydrogen) atoms. The monoisotopic (exact) mass is 537 g/mol. The second-order valence-electron chi connectivity index (χ2n) is 10.1. The van der Waals surface area contributed by atoms with Crippen molar-refractivity contribution in [3.63, 3.8) is 0 Å². The number of rotatable bonds is 17. The molecule has 0 bridgehead atoms. The smallest absolute Gasteiger partial charge is 0.185 e. The average Bonchev–Trinajstić information content (AvgIpc) is 2.94. The standard InChI is InChI=1S/C31H47F4N3/c1-6-11-13-21-37(20-12-7-2)31-29(34)27(32)26(28(33)30(31)35)16-15-25-17-22-36(23-18-25)19-14-24-38(8-3,9-4)10-5/h15-18,22-23H,6-14,19-21,24H2,1-5H3/q+2. The highest BCUT2D eigenvalue weighted by molar-refractivity contribution is 5.71. The zero-order valence-electron chi connectivity index (χ0n) is 24.0. The first-order valence-electron chi connectivity index (χ1n) is 14.4. The lowest BCUT2D eigenvalue weighted by molar-refractivity contribution is -0.925. The summed E-state index contributed by atoms with van der Waals surface area (Å²) < 4.78 is 63.3. The van der Waals surface area contributed by atoms with Gasteiger partial charge in [-0.05, 0) is 45.3 Å². The topological polar surface area (TPSA) is 7.12 Å². The number of pyridine rings is 1. The van der Waals surface area contributed by atoms with Crippen LogP contribution in [0.1, 0.15) is 84.3 Å². The van der Waals surface area contributed by atoms with Crippen LogP contribution in [-0.4, -0.2) is 43.8 Å². The van der Waals surface area contributed by atoms with Gasteiger partial charge in [0.05, 0.1) is 38.2 Å². The molecule has 0 amide bonds. The predicted octanol–water partition coefficient (Wildman–Crippen LogP) is 7.76. The maximum absolute atomic E-state index is 15.1. The summed E-state index contributed by atoms with van der Waals surface area (Å²) in [6.07, 6.45) is 11.5. The van der Waals surface area contributed by atoms with E-state index in [0.29, 0.717) is 31.5 Å². The van der Waals surface area contributed by atoms with Crippen LogP contribution in [0.15, 0.2) is 24.5 Å². The first-order valence-corrected chi connectivity index (χ1v) is 14.4. The average molecular weight is 538 g/mol. The number of quaternary nitrogens is 1. The number of aryl methyl sites for hydroxylation is 1. The molecule has 0 radical (unpaired) electrons. The maximum Gasteiger partial charge on any atom is 0.185 e. The van der Waals surface area contributed by atoms with Crippen LogP contribution >= 0.6 is 0 Å². The van der Waals surface area contributed by atoms with E-state index in [2.05, 4.69) is 25.3 Å². The zero-order valence-corrected chi connectivity index (χ0v) is 24.0. The normalized spacial score (nSPS) is 12.0. The van der Waals surface area contributed by atoms with E-state index in [1.165, 1.54) is 11.0 Å². The highest BCUT2D eigenvalue weighted by Gasteiger charge is 2.27. The van der Waals surface area contributed by atoms with Crippen molar-refractivity contribution in [1.82, 2.24) is 0 Å². The van der Waals surface area contributed by atoms with E-state index in [1.54, 1.807) is 0 Å². The zero-order chi connectivity index (χ0) is 28.1. The summed E-state index contributed by atoms with van der Waals surface area (Å²) in [4.78, 5) is 1.45. The van der Waals surface area contributed by atoms with Gasteiger partial charge in [-0.3, -0.25) is 0 Å². The SMILES string of the molecule is CCCCCN(CCCC)c1c(F)c(F)c(C=Cc2cc[n+](CCC[N+](CC)(CC)CC)cc2)c(F)c1F. The molecule has 0 aliphatic rings. The fourth-order valence-corrected chi connectivity index (χ4v) is 4.94. The molecule has 0 atom stereocenters. The lowest BCUT2D eigenvalue weighted by Gasteiger charge is -2.35. The van der Waals surface area contributed by atoms with Gasteiger partial charge in [0.15, 0.2) is 42.2 Å². The Morgan fingerprint density at radius 3 is 1.79 bits per heavy atom. The highest BCUT2D eigenvalue weighted by Crippen LogP contribution is 2.32. The van der Waals surface area contributed by atoms with Crippen molar-refractivity contribution >= 4 is 17.8 Å². The second-order valence-corrected chi connectivity index (χ2v) is 10.1. The van der Waals surface area contributed by atoms with Gasteiger partial charge in [0.1, 0.15) is 5.69 Å². The van der Waals surface area contributed by atoms with Crippen LogP contribution in [0.5, 0.6) is 0 Å². The van der Waals surface area contributed by atoms with Crippen molar-refractivity contribution in [1.29, 1.82) is 0 Å². The van der Waals surface area contributed by atoms with Crippen molar-refractivity contribution in [2.75, 3.05) is 44.2 Å². The van der Waals surface area contributed by atoms with Crippen LogP contribution in [0.2, 0.25) is 0 Å². The van der Waals surface area contributed by atoms with E-state index in [1.807, 2.05) is 38.4 Å². The summed E-state index contributed by atoms with van der Waals surface area (Å²) >= 11 is 0. The van der Waals surface area contributed by atoms with E-state index < -0.39 is 34.5 Å². The largest absolute Gasteiger partial charge is 0.367 e. The van der Waals surface area contributed by atoms with E-state index in [-0.39, 0.29) is 0 Å².